The summed E-state index contributed by atoms with van der Waals surface area (Å²) in [7, 11) is 0. The summed E-state index contributed by atoms with van der Waals surface area (Å²) in [6.07, 6.45) is 7.51. The SMILES string of the molecule is O=C(NCCCCn1ccnc1)c1ccc(CSc2nc3ccccc3s2)cc1. The van der Waals surface area contributed by atoms with Crippen molar-refractivity contribution in [3.8, 4) is 0 Å². The summed E-state index contributed by atoms with van der Waals surface area (Å²) in [6, 6.07) is 16.0. The molecule has 0 radical (unpaired) electrons. The second-order valence-electron chi connectivity index (χ2n) is 6.70. The normalized spacial score (nSPS) is 11.0. The number of thioether (sulfide) groups is 1. The van der Waals surface area contributed by atoms with Gasteiger partial charge >= 0.3 is 0 Å². The zero-order valence-corrected chi connectivity index (χ0v) is 17.6. The highest BCUT2D eigenvalue weighted by Gasteiger charge is 2.07. The molecule has 1 amide bonds. The van der Waals surface area contributed by atoms with E-state index in [1.807, 2.05) is 59.6 Å². The Morgan fingerprint density at radius 2 is 1.97 bits per heavy atom. The maximum atomic E-state index is 12.3. The molecular formula is C22H22N4OS2. The smallest absolute Gasteiger partial charge is 0.251 e. The predicted molar refractivity (Wildman–Crippen MR) is 119 cm³/mol. The molecular weight excluding hydrogens is 400 g/mol. The highest BCUT2D eigenvalue weighted by molar-refractivity contribution is 8.00. The molecule has 0 unspecified atom stereocenters. The molecule has 0 bridgehead atoms. The van der Waals surface area contributed by atoms with Crippen LogP contribution in [0.3, 0.4) is 0 Å². The minimum Gasteiger partial charge on any atom is -0.352 e. The average Bonchev–Trinajstić information content (AvgIpc) is 3.41. The number of hydrogen-bond acceptors (Lipinski definition) is 5. The van der Waals surface area contributed by atoms with Crippen molar-refractivity contribution in [2.75, 3.05) is 6.54 Å². The number of unbranched alkanes of at least 4 members (excludes halogenated alkanes) is 1. The molecule has 0 aliphatic heterocycles. The van der Waals surface area contributed by atoms with Crippen molar-refractivity contribution in [3.63, 3.8) is 0 Å². The topological polar surface area (TPSA) is 59.8 Å². The van der Waals surface area contributed by atoms with Crippen LogP contribution >= 0.6 is 23.1 Å². The van der Waals surface area contributed by atoms with Gasteiger partial charge in [0.15, 0.2) is 4.34 Å². The first kappa shape index (κ1) is 19.7. The van der Waals surface area contributed by atoms with Crippen LogP contribution in [0.25, 0.3) is 10.2 Å². The number of benzene rings is 2. The number of thiazole rings is 1. The fourth-order valence-electron chi connectivity index (χ4n) is 2.95. The number of aryl methyl sites for hydroxylation is 1. The van der Waals surface area contributed by atoms with E-state index in [9.17, 15) is 4.79 Å². The van der Waals surface area contributed by atoms with Gasteiger partial charge in [-0.05, 0) is 42.7 Å². The standard InChI is InChI=1S/C22H22N4OS2/c27-21(24-11-3-4-13-26-14-12-23-16-26)18-9-7-17(8-10-18)15-28-22-25-19-5-1-2-6-20(19)29-22/h1-2,5-10,12,14,16H,3-4,11,13,15H2,(H,24,27). The number of nitrogens with one attached hydrogen (secondary N) is 1. The second-order valence-corrected chi connectivity index (χ2v) is 8.95. The molecule has 0 aliphatic rings. The van der Waals surface area contributed by atoms with E-state index in [0.29, 0.717) is 12.1 Å². The number of carbonyl (C=O) groups is 1. The highest BCUT2D eigenvalue weighted by atomic mass is 32.2. The van der Waals surface area contributed by atoms with Gasteiger partial charge in [0.2, 0.25) is 0 Å². The van der Waals surface area contributed by atoms with E-state index in [4.69, 9.17) is 0 Å². The third kappa shape index (κ3) is 5.46. The van der Waals surface area contributed by atoms with Gasteiger partial charge in [-0.3, -0.25) is 4.79 Å². The van der Waals surface area contributed by atoms with Gasteiger partial charge in [-0.2, -0.15) is 0 Å². The lowest BCUT2D eigenvalue weighted by atomic mass is 10.1. The van der Waals surface area contributed by atoms with E-state index in [2.05, 4.69) is 21.4 Å². The molecule has 0 saturated carbocycles. The Kier molecular flexibility index (Phi) is 6.59. The van der Waals surface area contributed by atoms with Gasteiger partial charge in [0.1, 0.15) is 0 Å². The van der Waals surface area contributed by atoms with Crippen LogP contribution in [0.2, 0.25) is 0 Å². The zero-order valence-electron chi connectivity index (χ0n) is 16.0. The molecule has 2 aromatic heterocycles. The molecule has 0 saturated heterocycles. The van der Waals surface area contributed by atoms with E-state index in [-0.39, 0.29) is 5.91 Å². The molecule has 1 N–H and O–H groups in total. The van der Waals surface area contributed by atoms with Crippen molar-refractivity contribution in [3.05, 3.63) is 78.4 Å². The van der Waals surface area contributed by atoms with Gasteiger partial charge < -0.3 is 9.88 Å². The summed E-state index contributed by atoms with van der Waals surface area (Å²) >= 11 is 3.45. The molecule has 0 atom stereocenters. The van der Waals surface area contributed by atoms with Crippen LogP contribution in [0.15, 0.2) is 71.6 Å². The first-order valence-electron chi connectivity index (χ1n) is 9.59. The number of amides is 1. The Labute approximate surface area is 178 Å². The Morgan fingerprint density at radius 3 is 2.76 bits per heavy atom. The number of aromatic nitrogens is 3. The molecule has 0 aliphatic carbocycles. The first-order chi connectivity index (χ1) is 14.3. The number of hydrogen-bond donors (Lipinski definition) is 1. The predicted octanol–water partition coefficient (Wildman–Crippen LogP) is 5.00. The van der Waals surface area contributed by atoms with Gasteiger partial charge in [0.25, 0.3) is 5.91 Å². The van der Waals surface area contributed by atoms with Crippen LogP contribution in [0, 0.1) is 0 Å². The minimum absolute atomic E-state index is 0.0157. The van der Waals surface area contributed by atoms with Crippen LogP contribution in [0.5, 0.6) is 0 Å². The number of rotatable bonds is 9. The lowest BCUT2D eigenvalue weighted by Crippen LogP contribution is -2.24. The van der Waals surface area contributed by atoms with Crippen molar-refractivity contribution >= 4 is 39.2 Å². The fourth-order valence-corrected chi connectivity index (χ4v) is 4.98. The zero-order chi connectivity index (χ0) is 19.9. The molecule has 0 fully saturated rings. The molecule has 148 valence electrons. The number of para-hydroxylation sites is 1. The Morgan fingerprint density at radius 1 is 1.10 bits per heavy atom. The van der Waals surface area contributed by atoms with Crippen LogP contribution in [0.4, 0.5) is 0 Å². The fraction of sp³-hybridized carbons (Fsp3) is 0.227. The number of imidazole rings is 1. The molecule has 4 aromatic rings. The van der Waals surface area contributed by atoms with Gasteiger partial charge in [-0.15, -0.1) is 11.3 Å². The Bertz CT molecular complexity index is 1030. The molecule has 2 aromatic carbocycles. The summed E-state index contributed by atoms with van der Waals surface area (Å²) in [6.45, 7) is 1.61. The van der Waals surface area contributed by atoms with E-state index >= 15 is 0 Å². The second kappa shape index (κ2) is 9.71. The maximum Gasteiger partial charge on any atom is 0.251 e. The van der Waals surface area contributed by atoms with Gasteiger partial charge in [0.05, 0.1) is 16.5 Å². The van der Waals surface area contributed by atoms with Gasteiger partial charge in [-0.1, -0.05) is 36.0 Å². The Hall–Kier alpha value is -2.64. The quantitative estimate of drug-likeness (QED) is 0.305. The summed E-state index contributed by atoms with van der Waals surface area (Å²) in [5, 5.41) is 2.99. The van der Waals surface area contributed by atoms with Crippen molar-refractivity contribution in [1.82, 2.24) is 19.9 Å². The summed E-state index contributed by atoms with van der Waals surface area (Å²) in [5.41, 5.74) is 2.94. The van der Waals surface area contributed by atoms with Gasteiger partial charge in [0, 0.05) is 36.8 Å². The van der Waals surface area contributed by atoms with Crippen molar-refractivity contribution < 1.29 is 4.79 Å². The van der Waals surface area contributed by atoms with E-state index in [1.165, 1.54) is 10.3 Å². The maximum absolute atomic E-state index is 12.3. The minimum atomic E-state index is -0.0157. The van der Waals surface area contributed by atoms with Crippen LogP contribution in [-0.2, 0) is 12.3 Å². The molecule has 4 rings (SSSR count). The lowest BCUT2D eigenvalue weighted by Gasteiger charge is -2.07. The summed E-state index contributed by atoms with van der Waals surface area (Å²) in [5.74, 6) is 0.827. The average molecular weight is 423 g/mol. The van der Waals surface area contributed by atoms with Crippen molar-refractivity contribution in [2.45, 2.75) is 29.5 Å². The third-order valence-corrected chi connectivity index (χ3v) is 6.79. The van der Waals surface area contributed by atoms with Crippen molar-refractivity contribution in [1.29, 1.82) is 0 Å². The third-order valence-electron chi connectivity index (χ3n) is 4.54. The first-order valence-corrected chi connectivity index (χ1v) is 11.4. The summed E-state index contributed by atoms with van der Waals surface area (Å²) in [4.78, 5) is 21.0. The summed E-state index contributed by atoms with van der Waals surface area (Å²) < 4.78 is 4.34. The molecule has 0 spiro atoms. The monoisotopic (exact) mass is 422 g/mol. The number of nitrogens with zero attached hydrogens (tertiary/aromatic N) is 3. The van der Waals surface area contributed by atoms with E-state index < -0.39 is 0 Å². The molecule has 5 nitrogen and oxygen atoms in total. The molecule has 7 heteroatoms. The van der Waals surface area contributed by atoms with Crippen molar-refractivity contribution in [2.24, 2.45) is 0 Å². The number of carbonyl (C=O) groups excluding carboxylic acids is 1. The molecule has 29 heavy (non-hydrogen) atoms. The lowest BCUT2D eigenvalue weighted by molar-refractivity contribution is 0.0953. The largest absolute Gasteiger partial charge is 0.352 e. The van der Waals surface area contributed by atoms with E-state index in [1.54, 1.807) is 29.3 Å². The highest BCUT2D eigenvalue weighted by Crippen LogP contribution is 2.31. The Balaban J connectivity index is 1.21. The number of fused-ring (bicyclic) bond motifs is 1. The van der Waals surface area contributed by atoms with Crippen LogP contribution < -0.4 is 5.32 Å². The molecule has 2 heterocycles. The van der Waals surface area contributed by atoms with Crippen LogP contribution in [0.1, 0.15) is 28.8 Å². The van der Waals surface area contributed by atoms with Crippen LogP contribution in [-0.4, -0.2) is 27.0 Å². The van der Waals surface area contributed by atoms with E-state index in [0.717, 1.165) is 35.0 Å². The van der Waals surface area contributed by atoms with Gasteiger partial charge in [-0.25, -0.2) is 9.97 Å².